The Bertz CT molecular complexity index is 690. The topological polar surface area (TPSA) is 135 Å². The minimum absolute atomic E-state index is 0.208. The van der Waals surface area contributed by atoms with Gasteiger partial charge >= 0.3 is 7.82 Å². The predicted molar refractivity (Wildman–Crippen MR) is 66.2 cm³/mol. The van der Waals surface area contributed by atoms with E-state index in [2.05, 4.69) is 19.5 Å². The van der Waals surface area contributed by atoms with Gasteiger partial charge in [0.15, 0.2) is 24.5 Å². The van der Waals surface area contributed by atoms with E-state index in [0.717, 1.165) is 0 Å². The lowest BCUT2D eigenvalue weighted by Crippen LogP contribution is -2.24. The van der Waals surface area contributed by atoms with Gasteiger partial charge in [-0.3, -0.25) is 13.6 Å². The summed E-state index contributed by atoms with van der Waals surface area (Å²) in [5.74, 6) is 0.208. The molecule has 3 N–H and O–H groups in total. The first-order valence-corrected chi connectivity index (χ1v) is 7.18. The number of anilines is 1. The molecule has 0 saturated carbocycles. The number of ether oxygens (including phenoxy) is 1. The molecular formula is C9H12N5O5P. The standard InChI is InChI=1S/C9H12N5O5P/c1-5-9(19-20(15,16)18-4-17-5)14-3-13-6-7(10)11-2-12-8(6)14/h2-3,5,9H,4H2,1H3,(H,15,16)(H2,10,11,12). The zero-order valence-electron chi connectivity index (χ0n) is 10.4. The lowest BCUT2D eigenvalue weighted by atomic mass is 10.3. The van der Waals surface area contributed by atoms with Gasteiger partial charge in [-0.15, -0.1) is 0 Å². The maximum atomic E-state index is 11.6. The van der Waals surface area contributed by atoms with Crippen LogP contribution in [0.25, 0.3) is 11.2 Å². The number of phosphoric acid groups is 1. The minimum Gasteiger partial charge on any atom is -0.382 e. The number of nitrogens with two attached hydrogens (primary N) is 1. The van der Waals surface area contributed by atoms with E-state index in [-0.39, 0.29) is 12.6 Å². The number of imidazole rings is 1. The Labute approximate surface area is 113 Å². The molecule has 3 heterocycles. The third kappa shape index (κ3) is 2.28. The fourth-order valence-corrected chi connectivity index (χ4v) is 2.67. The molecule has 1 aliphatic heterocycles. The SMILES string of the molecule is CC1OCOP(=O)(O)OC1n1cnc2c(N)ncnc21. The molecule has 2 aromatic rings. The zero-order valence-corrected chi connectivity index (χ0v) is 11.3. The zero-order chi connectivity index (χ0) is 14.3. The highest BCUT2D eigenvalue weighted by atomic mass is 31.2. The van der Waals surface area contributed by atoms with Crippen LogP contribution in [0.4, 0.5) is 5.82 Å². The highest BCUT2D eigenvalue weighted by Gasteiger charge is 2.36. The Balaban J connectivity index is 2.08. The first-order chi connectivity index (χ1) is 9.48. The van der Waals surface area contributed by atoms with Crippen molar-refractivity contribution in [2.45, 2.75) is 19.3 Å². The number of rotatable bonds is 1. The maximum absolute atomic E-state index is 11.6. The van der Waals surface area contributed by atoms with Gasteiger partial charge in [0, 0.05) is 0 Å². The largest absolute Gasteiger partial charge is 0.476 e. The number of hydrogen-bond acceptors (Lipinski definition) is 8. The molecule has 0 aliphatic carbocycles. The van der Waals surface area contributed by atoms with Crippen LogP contribution in [0.2, 0.25) is 0 Å². The van der Waals surface area contributed by atoms with Gasteiger partial charge in [0.1, 0.15) is 17.9 Å². The molecule has 0 spiro atoms. The highest BCUT2D eigenvalue weighted by molar-refractivity contribution is 7.47. The second-order valence-corrected chi connectivity index (χ2v) is 5.57. The fraction of sp³-hybridized carbons (Fsp3) is 0.444. The normalized spacial score (nSPS) is 31.3. The van der Waals surface area contributed by atoms with Crippen LogP contribution in [0, 0.1) is 0 Å². The van der Waals surface area contributed by atoms with Crippen molar-refractivity contribution in [3.05, 3.63) is 12.7 Å². The summed E-state index contributed by atoms with van der Waals surface area (Å²) < 4.78 is 28.0. The highest BCUT2D eigenvalue weighted by Crippen LogP contribution is 2.49. The molecule has 0 bridgehead atoms. The van der Waals surface area contributed by atoms with E-state index in [9.17, 15) is 9.46 Å². The monoisotopic (exact) mass is 301 g/mol. The van der Waals surface area contributed by atoms with Crippen molar-refractivity contribution in [1.82, 2.24) is 19.5 Å². The van der Waals surface area contributed by atoms with Gasteiger partial charge < -0.3 is 15.4 Å². The Kier molecular flexibility index (Phi) is 3.19. The Morgan fingerprint density at radius 1 is 1.50 bits per heavy atom. The third-order valence-corrected chi connectivity index (χ3v) is 3.76. The molecule has 2 aromatic heterocycles. The number of nitrogens with zero attached hydrogens (tertiary/aromatic N) is 4. The van der Waals surface area contributed by atoms with Gasteiger partial charge in [-0.2, -0.15) is 0 Å². The quantitative estimate of drug-likeness (QED) is 0.718. The molecule has 0 amide bonds. The van der Waals surface area contributed by atoms with E-state index >= 15 is 0 Å². The summed E-state index contributed by atoms with van der Waals surface area (Å²) in [5.41, 5.74) is 6.44. The van der Waals surface area contributed by atoms with Crippen molar-refractivity contribution >= 4 is 24.8 Å². The number of nitrogen functional groups attached to an aromatic ring is 1. The van der Waals surface area contributed by atoms with Crippen LogP contribution in [-0.2, 0) is 18.3 Å². The van der Waals surface area contributed by atoms with Crippen LogP contribution < -0.4 is 5.73 Å². The Hall–Kier alpha value is -1.58. The molecule has 3 unspecified atom stereocenters. The van der Waals surface area contributed by atoms with Gasteiger partial charge in [0.05, 0.1) is 6.33 Å². The molecule has 0 aromatic carbocycles. The van der Waals surface area contributed by atoms with Gasteiger partial charge in [0.25, 0.3) is 0 Å². The van der Waals surface area contributed by atoms with E-state index in [1.165, 1.54) is 17.2 Å². The van der Waals surface area contributed by atoms with E-state index in [1.54, 1.807) is 6.92 Å². The minimum atomic E-state index is -4.20. The second-order valence-electron chi connectivity index (χ2n) is 4.17. The molecular weight excluding hydrogens is 289 g/mol. The first-order valence-electron chi connectivity index (χ1n) is 5.68. The van der Waals surface area contributed by atoms with E-state index in [0.29, 0.717) is 11.2 Å². The van der Waals surface area contributed by atoms with Crippen LogP contribution in [0.3, 0.4) is 0 Å². The van der Waals surface area contributed by atoms with Crippen LogP contribution >= 0.6 is 7.82 Å². The molecule has 1 aliphatic rings. The Morgan fingerprint density at radius 3 is 3.10 bits per heavy atom. The van der Waals surface area contributed by atoms with E-state index in [1.807, 2.05) is 0 Å². The summed E-state index contributed by atoms with van der Waals surface area (Å²) in [4.78, 5) is 21.5. The molecule has 1 saturated heterocycles. The van der Waals surface area contributed by atoms with Crippen LogP contribution in [0.5, 0.6) is 0 Å². The number of phosphoric ester groups is 1. The van der Waals surface area contributed by atoms with Crippen molar-refractivity contribution in [3.8, 4) is 0 Å². The first kappa shape index (κ1) is 13.4. The lowest BCUT2D eigenvalue weighted by molar-refractivity contribution is -0.0585. The molecule has 20 heavy (non-hydrogen) atoms. The summed E-state index contributed by atoms with van der Waals surface area (Å²) in [6.45, 7) is 1.34. The average Bonchev–Trinajstić information content (AvgIpc) is 2.75. The predicted octanol–water partition coefficient (Wildman–Crippen LogP) is 0.417. The van der Waals surface area contributed by atoms with Gasteiger partial charge in [-0.1, -0.05) is 0 Å². The molecule has 10 nitrogen and oxygen atoms in total. The second kappa shape index (κ2) is 4.76. The number of hydrogen-bond donors (Lipinski definition) is 2. The van der Waals surface area contributed by atoms with Crippen LogP contribution in [0.1, 0.15) is 13.2 Å². The number of fused-ring (bicyclic) bond motifs is 1. The van der Waals surface area contributed by atoms with Crippen molar-refractivity contribution < 1.29 is 23.2 Å². The summed E-state index contributed by atoms with van der Waals surface area (Å²) in [5, 5.41) is 0. The summed E-state index contributed by atoms with van der Waals surface area (Å²) in [6.07, 6.45) is 1.19. The van der Waals surface area contributed by atoms with Crippen molar-refractivity contribution in [1.29, 1.82) is 0 Å². The van der Waals surface area contributed by atoms with Crippen LogP contribution in [-0.4, -0.2) is 37.3 Å². The smallest absolute Gasteiger partial charge is 0.382 e. The maximum Gasteiger partial charge on any atom is 0.476 e. The molecule has 0 radical (unpaired) electrons. The number of aromatic nitrogens is 4. The van der Waals surface area contributed by atoms with Gasteiger partial charge in [-0.25, -0.2) is 19.5 Å². The van der Waals surface area contributed by atoms with E-state index in [4.69, 9.17) is 15.0 Å². The average molecular weight is 301 g/mol. The molecule has 11 heteroatoms. The molecule has 3 rings (SSSR count). The van der Waals surface area contributed by atoms with Crippen LogP contribution in [0.15, 0.2) is 12.7 Å². The van der Waals surface area contributed by atoms with Gasteiger partial charge in [-0.05, 0) is 6.92 Å². The molecule has 108 valence electrons. The summed E-state index contributed by atoms with van der Waals surface area (Å²) in [7, 11) is -4.20. The van der Waals surface area contributed by atoms with Crippen molar-refractivity contribution in [2.24, 2.45) is 0 Å². The Morgan fingerprint density at radius 2 is 2.30 bits per heavy atom. The van der Waals surface area contributed by atoms with Crippen molar-refractivity contribution in [2.75, 3.05) is 12.5 Å². The van der Waals surface area contributed by atoms with E-state index < -0.39 is 20.2 Å². The summed E-state index contributed by atoms with van der Waals surface area (Å²) >= 11 is 0. The molecule has 1 fully saturated rings. The lowest BCUT2D eigenvalue weighted by Gasteiger charge is -2.22. The molecule has 3 atom stereocenters. The summed E-state index contributed by atoms with van der Waals surface area (Å²) in [6, 6.07) is 0. The van der Waals surface area contributed by atoms with Crippen molar-refractivity contribution in [3.63, 3.8) is 0 Å². The fourth-order valence-electron chi connectivity index (χ4n) is 1.87. The third-order valence-electron chi connectivity index (χ3n) is 2.85. The van der Waals surface area contributed by atoms with Gasteiger partial charge in [0.2, 0.25) is 0 Å².